The summed E-state index contributed by atoms with van der Waals surface area (Å²) in [6, 6.07) is 3.26. The summed E-state index contributed by atoms with van der Waals surface area (Å²) >= 11 is 0. The van der Waals surface area contributed by atoms with Gasteiger partial charge in [-0.15, -0.1) is 0 Å². The lowest BCUT2D eigenvalue weighted by atomic mass is 10.3. The van der Waals surface area contributed by atoms with Crippen LogP contribution in [0.25, 0.3) is 0 Å². The van der Waals surface area contributed by atoms with Crippen molar-refractivity contribution in [2.24, 2.45) is 17.8 Å². The second kappa shape index (κ2) is 2.92. The van der Waals surface area contributed by atoms with Gasteiger partial charge in [0.05, 0.1) is 0 Å². The first-order chi connectivity index (χ1) is 6.86. The fraction of sp³-hybridized carbons (Fsp3) is 0.600. The molecule has 2 atom stereocenters. The second-order valence-electron chi connectivity index (χ2n) is 4.19. The van der Waals surface area contributed by atoms with Crippen molar-refractivity contribution in [2.45, 2.75) is 6.54 Å². The SMILES string of the molecule is O=c1cccnn1CC1C2CNCC21. The van der Waals surface area contributed by atoms with E-state index in [1.807, 2.05) is 0 Å². The van der Waals surface area contributed by atoms with Crippen LogP contribution >= 0.6 is 0 Å². The summed E-state index contributed by atoms with van der Waals surface area (Å²) in [4.78, 5) is 11.4. The molecule has 4 nitrogen and oxygen atoms in total. The molecule has 74 valence electrons. The van der Waals surface area contributed by atoms with Crippen LogP contribution in [0.3, 0.4) is 0 Å². The third-order valence-corrected chi connectivity index (χ3v) is 3.44. The normalized spacial score (nSPS) is 34.1. The molecule has 1 aromatic rings. The van der Waals surface area contributed by atoms with E-state index < -0.39 is 0 Å². The summed E-state index contributed by atoms with van der Waals surface area (Å²) in [5.74, 6) is 2.27. The van der Waals surface area contributed by atoms with Crippen LogP contribution in [-0.4, -0.2) is 22.9 Å². The zero-order chi connectivity index (χ0) is 9.54. The number of hydrogen-bond donors (Lipinski definition) is 1. The molecule has 0 amide bonds. The Balaban J connectivity index is 1.74. The summed E-state index contributed by atoms with van der Waals surface area (Å²) < 4.78 is 1.59. The lowest BCUT2D eigenvalue weighted by Gasteiger charge is -2.05. The maximum atomic E-state index is 11.4. The Bertz CT molecular complexity index is 390. The zero-order valence-electron chi connectivity index (χ0n) is 7.89. The Kier molecular flexibility index (Phi) is 1.70. The van der Waals surface area contributed by atoms with Crippen molar-refractivity contribution in [1.29, 1.82) is 0 Å². The van der Waals surface area contributed by atoms with Crippen molar-refractivity contribution in [3.05, 3.63) is 28.7 Å². The van der Waals surface area contributed by atoms with Crippen molar-refractivity contribution in [2.75, 3.05) is 13.1 Å². The number of hydrogen-bond acceptors (Lipinski definition) is 3. The summed E-state index contributed by atoms with van der Waals surface area (Å²) in [5.41, 5.74) is 0.0189. The highest BCUT2D eigenvalue weighted by atomic mass is 16.1. The van der Waals surface area contributed by atoms with E-state index in [1.54, 1.807) is 23.0 Å². The van der Waals surface area contributed by atoms with Gasteiger partial charge in [0.1, 0.15) is 0 Å². The molecule has 1 aliphatic heterocycles. The molecular formula is C10H13N3O. The average Bonchev–Trinajstić information content (AvgIpc) is 2.64. The maximum Gasteiger partial charge on any atom is 0.266 e. The minimum Gasteiger partial charge on any atom is -0.316 e. The van der Waals surface area contributed by atoms with Crippen LogP contribution in [-0.2, 0) is 6.54 Å². The summed E-state index contributed by atoms with van der Waals surface area (Å²) in [7, 11) is 0. The third kappa shape index (κ3) is 1.18. The fourth-order valence-electron chi connectivity index (χ4n) is 2.54. The van der Waals surface area contributed by atoms with Crippen LogP contribution in [0.5, 0.6) is 0 Å². The van der Waals surface area contributed by atoms with Crippen molar-refractivity contribution in [3.8, 4) is 0 Å². The molecule has 14 heavy (non-hydrogen) atoms. The molecule has 0 spiro atoms. The monoisotopic (exact) mass is 191 g/mol. The van der Waals surface area contributed by atoms with E-state index in [1.165, 1.54) is 0 Å². The van der Waals surface area contributed by atoms with Crippen LogP contribution in [0.1, 0.15) is 0 Å². The Labute approximate surface area is 81.9 Å². The molecule has 4 heteroatoms. The van der Waals surface area contributed by atoms with Crippen LogP contribution in [0.4, 0.5) is 0 Å². The van der Waals surface area contributed by atoms with Gasteiger partial charge in [-0.05, 0) is 36.9 Å². The molecule has 1 saturated carbocycles. The highest BCUT2D eigenvalue weighted by Crippen LogP contribution is 2.49. The second-order valence-corrected chi connectivity index (χ2v) is 4.19. The number of nitrogens with zero attached hydrogens (tertiary/aromatic N) is 2. The quantitative estimate of drug-likeness (QED) is 0.698. The first-order valence-electron chi connectivity index (χ1n) is 5.09. The minimum absolute atomic E-state index is 0.0189. The van der Waals surface area contributed by atoms with E-state index >= 15 is 0 Å². The number of fused-ring (bicyclic) bond motifs is 1. The Morgan fingerprint density at radius 1 is 1.50 bits per heavy atom. The van der Waals surface area contributed by atoms with Crippen molar-refractivity contribution in [3.63, 3.8) is 0 Å². The molecular weight excluding hydrogens is 178 g/mol. The van der Waals surface area contributed by atoms with E-state index in [0.29, 0.717) is 5.92 Å². The van der Waals surface area contributed by atoms with Gasteiger partial charge >= 0.3 is 0 Å². The largest absolute Gasteiger partial charge is 0.316 e. The molecule has 1 aromatic heterocycles. The number of aromatic nitrogens is 2. The van der Waals surface area contributed by atoms with Crippen LogP contribution < -0.4 is 10.9 Å². The van der Waals surface area contributed by atoms with Crippen LogP contribution in [0, 0.1) is 17.8 Å². The lowest BCUT2D eigenvalue weighted by molar-refractivity contribution is 0.467. The van der Waals surface area contributed by atoms with E-state index in [2.05, 4.69) is 10.4 Å². The van der Waals surface area contributed by atoms with E-state index in [-0.39, 0.29) is 5.56 Å². The maximum absolute atomic E-state index is 11.4. The Morgan fingerprint density at radius 3 is 3.00 bits per heavy atom. The molecule has 0 radical (unpaired) electrons. The third-order valence-electron chi connectivity index (χ3n) is 3.44. The first kappa shape index (κ1) is 8.17. The minimum atomic E-state index is 0.0189. The molecule has 1 aliphatic carbocycles. The summed E-state index contributed by atoms with van der Waals surface area (Å²) in [6.07, 6.45) is 1.68. The van der Waals surface area contributed by atoms with Crippen molar-refractivity contribution < 1.29 is 0 Å². The molecule has 2 aliphatic rings. The molecule has 3 rings (SSSR count). The number of nitrogens with one attached hydrogen (secondary N) is 1. The van der Waals surface area contributed by atoms with Gasteiger partial charge in [-0.1, -0.05) is 0 Å². The predicted octanol–water partition coefficient (Wildman–Crippen LogP) is -0.291. The van der Waals surface area contributed by atoms with Gasteiger partial charge in [0.2, 0.25) is 0 Å². The van der Waals surface area contributed by atoms with Crippen LogP contribution in [0.2, 0.25) is 0 Å². The van der Waals surface area contributed by atoms with Gasteiger partial charge in [-0.25, -0.2) is 4.68 Å². The molecule has 0 bridgehead atoms. The molecule has 0 aromatic carbocycles. The lowest BCUT2D eigenvalue weighted by Crippen LogP contribution is -2.25. The number of rotatable bonds is 2. The fourth-order valence-corrected chi connectivity index (χ4v) is 2.54. The van der Waals surface area contributed by atoms with Gasteiger partial charge < -0.3 is 5.32 Å². The van der Waals surface area contributed by atoms with E-state index in [0.717, 1.165) is 31.5 Å². The van der Waals surface area contributed by atoms with Crippen molar-refractivity contribution in [1.82, 2.24) is 15.1 Å². The van der Waals surface area contributed by atoms with Gasteiger partial charge in [0, 0.05) is 18.8 Å². The molecule has 2 fully saturated rings. The Morgan fingerprint density at radius 2 is 2.29 bits per heavy atom. The van der Waals surface area contributed by atoms with Crippen LogP contribution in [0.15, 0.2) is 23.1 Å². The zero-order valence-corrected chi connectivity index (χ0v) is 7.89. The molecule has 2 unspecified atom stereocenters. The van der Waals surface area contributed by atoms with Gasteiger partial charge in [0.25, 0.3) is 5.56 Å². The van der Waals surface area contributed by atoms with Crippen molar-refractivity contribution >= 4 is 0 Å². The number of piperidine rings is 1. The van der Waals surface area contributed by atoms with E-state index in [9.17, 15) is 4.79 Å². The first-order valence-corrected chi connectivity index (χ1v) is 5.09. The standard InChI is InChI=1S/C10H13N3O/c14-10-2-1-3-12-13(10)6-9-7-4-11-5-8(7)9/h1-3,7-9,11H,4-6H2. The molecule has 1 N–H and O–H groups in total. The predicted molar refractivity (Wildman–Crippen MR) is 51.8 cm³/mol. The highest BCUT2D eigenvalue weighted by Gasteiger charge is 2.52. The average molecular weight is 191 g/mol. The molecule has 1 saturated heterocycles. The highest BCUT2D eigenvalue weighted by molar-refractivity contribution is 5.03. The summed E-state index contributed by atoms with van der Waals surface area (Å²) in [6.45, 7) is 3.05. The van der Waals surface area contributed by atoms with Gasteiger partial charge in [-0.2, -0.15) is 5.10 Å². The smallest absolute Gasteiger partial charge is 0.266 e. The topological polar surface area (TPSA) is 46.9 Å². The van der Waals surface area contributed by atoms with Gasteiger partial charge in [0.15, 0.2) is 0 Å². The Hall–Kier alpha value is -1.16. The summed E-state index contributed by atoms with van der Waals surface area (Å²) in [5, 5.41) is 7.41. The molecule has 2 heterocycles. The van der Waals surface area contributed by atoms with Gasteiger partial charge in [-0.3, -0.25) is 4.79 Å². The van der Waals surface area contributed by atoms with E-state index in [4.69, 9.17) is 0 Å².